The van der Waals surface area contributed by atoms with E-state index in [1.165, 1.54) is 11.0 Å². The lowest BCUT2D eigenvalue weighted by Crippen LogP contribution is -2.41. The lowest BCUT2D eigenvalue weighted by Gasteiger charge is -2.29. The monoisotopic (exact) mass is 372 g/mol. The molecular weight excluding hydrogens is 350 g/mol. The Morgan fingerprint density at radius 2 is 1.85 bits per heavy atom. The minimum Gasteiger partial charge on any atom is -0.336 e. The van der Waals surface area contributed by atoms with Crippen LogP contribution in [0.3, 0.4) is 0 Å². The predicted molar refractivity (Wildman–Crippen MR) is 98.9 cm³/mol. The summed E-state index contributed by atoms with van der Waals surface area (Å²) < 4.78 is 26.7. The number of halogens is 2. The topological polar surface area (TPSA) is 40.6 Å². The lowest BCUT2D eigenvalue weighted by molar-refractivity contribution is -0.138. The zero-order chi connectivity index (χ0) is 19.6. The number of amides is 2. The van der Waals surface area contributed by atoms with E-state index >= 15 is 0 Å². The quantitative estimate of drug-likeness (QED) is 0.802. The average Bonchev–Trinajstić information content (AvgIpc) is 3.04. The molecule has 0 bridgehead atoms. The molecule has 1 aliphatic rings. The number of nitrogens with zero attached hydrogens (tertiary/aromatic N) is 2. The van der Waals surface area contributed by atoms with E-state index in [-0.39, 0.29) is 36.5 Å². The van der Waals surface area contributed by atoms with Crippen molar-refractivity contribution in [3.8, 4) is 0 Å². The van der Waals surface area contributed by atoms with Crippen molar-refractivity contribution in [1.82, 2.24) is 4.90 Å². The maximum absolute atomic E-state index is 13.5. The molecule has 2 aromatic rings. The maximum atomic E-state index is 13.5. The minimum atomic E-state index is -1.01. The Morgan fingerprint density at radius 1 is 1.15 bits per heavy atom. The zero-order valence-electron chi connectivity index (χ0n) is 15.4. The molecule has 1 fully saturated rings. The van der Waals surface area contributed by atoms with Gasteiger partial charge in [0.25, 0.3) is 0 Å². The van der Waals surface area contributed by atoms with E-state index in [9.17, 15) is 18.4 Å². The first kappa shape index (κ1) is 19.0. The van der Waals surface area contributed by atoms with Crippen LogP contribution in [-0.2, 0) is 16.1 Å². The van der Waals surface area contributed by atoms with Crippen molar-refractivity contribution in [2.45, 2.75) is 32.9 Å². The van der Waals surface area contributed by atoms with E-state index in [0.717, 1.165) is 17.7 Å². The van der Waals surface area contributed by atoms with Crippen LogP contribution in [0.4, 0.5) is 14.5 Å². The van der Waals surface area contributed by atoms with Gasteiger partial charge in [-0.15, -0.1) is 0 Å². The molecular formula is C21H22F2N2O2. The normalized spacial score (nSPS) is 16.9. The molecule has 1 atom stereocenters. The molecule has 1 saturated heterocycles. The Hall–Kier alpha value is -2.76. The summed E-state index contributed by atoms with van der Waals surface area (Å²) in [6, 6.07) is 13.0. The van der Waals surface area contributed by atoms with Crippen molar-refractivity contribution in [3.63, 3.8) is 0 Å². The molecule has 6 heteroatoms. The number of hydrogen-bond donors (Lipinski definition) is 0. The predicted octanol–water partition coefficient (Wildman–Crippen LogP) is 3.75. The van der Waals surface area contributed by atoms with E-state index in [2.05, 4.69) is 0 Å². The van der Waals surface area contributed by atoms with Gasteiger partial charge < -0.3 is 9.80 Å². The van der Waals surface area contributed by atoms with Crippen LogP contribution < -0.4 is 4.90 Å². The first-order chi connectivity index (χ1) is 12.9. The molecule has 0 radical (unpaired) electrons. The molecule has 2 aromatic carbocycles. The molecule has 3 rings (SSSR count). The van der Waals surface area contributed by atoms with Gasteiger partial charge >= 0.3 is 0 Å². The van der Waals surface area contributed by atoms with Gasteiger partial charge in [0.05, 0.1) is 5.92 Å². The SMILES string of the molecule is CC(C)N(Cc1ccccc1)C(=O)C1CC(=O)N(c2ccc(F)c(F)c2)C1. The second-order valence-electron chi connectivity index (χ2n) is 7.05. The van der Waals surface area contributed by atoms with Gasteiger partial charge in [-0.1, -0.05) is 30.3 Å². The smallest absolute Gasteiger partial charge is 0.228 e. The first-order valence-corrected chi connectivity index (χ1v) is 8.96. The van der Waals surface area contributed by atoms with Crippen LogP contribution in [0.1, 0.15) is 25.8 Å². The van der Waals surface area contributed by atoms with Crippen LogP contribution in [0.2, 0.25) is 0 Å². The molecule has 2 amide bonds. The van der Waals surface area contributed by atoms with Gasteiger partial charge in [-0.05, 0) is 31.5 Å². The van der Waals surface area contributed by atoms with Gasteiger partial charge in [0, 0.05) is 37.3 Å². The number of benzene rings is 2. The standard InChI is InChI=1S/C21H22F2N2O2/c1-14(2)24(12-15-6-4-3-5-7-15)21(27)16-10-20(26)25(13-16)17-8-9-18(22)19(23)11-17/h3-9,11,14,16H,10,12-13H2,1-2H3. The highest BCUT2D eigenvalue weighted by Crippen LogP contribution is 2.28. The molecule has 0 N–H and O–H groups in total. The molecule has 1 aliphatic heterocycles. The summed E-state index contributed by atoms with van der Waals surface area (Å²) in [4.78, 5) is 28.5. The Kier molecular flexibility index (Phi) is 5.54. The summed E-state index contributed by atoms with van der Waals surface area (Å²) in [7, 11) is 0. The summed E-state index contributed by atoms with van der Waals surface area (Å²) in [5.74, 6) is -2.85. The number of hydrogen-bond acceptors (Lipinski definition) is 2. The second kappa shape index (κ2) is 7.86. The molecule has 27 heavy (non-hydrogen) atoms. The van der Waals surface area contributed by atoms with E-state index in [4.69, 9.17) is 0 Å². The third-order valence-corrected chi connectivity index (χ3v) is 4.79. The van der Waals surface area contributed by atoms with Crippen molar-refractivity contribution in [2.24, 2.45) is 5.92 Å². The van der Waals surface area contributed by atoms with E-state index in [1.54, 1.807) is 4.90 Å². The first-order valence-electron chi connectivity index (χ1n) is 8.96. The summed E-state index contributed by atoms with van der Waals surface area (Å²) >= 11 is 0. The number of carbonyl (C=O) groups excluding carboxylic acids is 2. The van der Waals surface area contributed by atoms with Crippen LogP contribution in [0, 0.1) is 17.6 Å². The average molecular weight is 372 g/mol. The number of anilines is 1. The maximum Gasteiger partial charge on any atom is 0.228 e. The van der Waals surface area contributed by atoms with E-state index in [0.29, 0.717) is 6.54 Å². The van der Waals surface area contributed by atoms with Crippen molar-refractivity contribution < 1.29 is 18.4 Å². The van der Waals surface area contributed by atoms with Gasteiger partial charge in [-0.25, -0.2) is 8.78 Å². The fraction of sp³-hybridized carbons (Fsp3) is 0.333. The van der Waals surface area contributed by atoms with Gasteiger partial charge in [0.15, 0.2) is 11.6 Å². The van der Waals surface area contributed by atoms with Gasteiger partial charge in [-0.3, -0.25) is 9.59 Å². The van der Waals surface area contributed by atoms with E-state index in [1.807, 2.05) is 44.2 Å². The fourth-order valence-electron chi connectivity index (χ4n) is 3.31. The van der Waals surface area contributed by atoms with Gasteiger partial charge in [0.2, 0.25) is 11.8 Å². The molecule has 0 saturated carbocycles. The third kappa shape index (κ3) is 4.15. The Morgan fingerprint density at radius 3 is 2.48 bits per heavy atom. The fourth-order valence-corrected chi connectivity index (χ4v) is 3.31. The van der Waals surface area contributed by atoms with Crippen molar-refractivity contribution >= 4 is 17.5 Å². The summed E-state index contributed by atoms with van der Waals surface area (Å²) in [6.07, 6.45) is 0.0653. The number of rotatable bonds is 5. The van der Waals surface area contributed by atoms with E-state index < -0.39 is 17.6 Å². The largest absolute Gasteiger partial charge is 0.336 e. The van der Waals surface area contributed by atoms with Crippen LogP contribution in [0.25, 0.3) is 0 Å². The third-order valence-electron chi connectivity index (χ3n) is 4.79. The van der Waals surface area contributed by atoms with Crippen LogP contribution >= 0.6 is 0 Å². The van der Waals surface area contributed by atoms with Crippen LogP contribution in [-0.4, -0.2) is 29.3 Å². The molecule has 0 aliphatic carbocycles. The molecule has 0 aromatic heterocycles. The second-order valence-corrected chi connectivity index (χ2v) is 7.05. The summed E-state index contributed by atoms with van der Waals surface area (Å²) in [5.41, 5.74) is 1.29. The molecule has 1 heterocycles. The number of carbonyl (C=O) groups is 2. The van der Waals surface area contributed by atoms with Crippen LogP contribution in [0.5, 0.6) is 0 Å². The van der Waals surface area contributed by atoms with Gasteiger partial charge in [0.1, 0.15) is 0 Å². The molecule has 4 nitrogen and oxygen atoms in total. The minimum absolute atomic E-state index is 0.0230. The van der Waals surface area contributed by atoms with Gasteiger partial charge in [-0.2, -0.15) is 0 Å². The highest BCUT2D eigenvalue weighted by atomic mass is 19.2. The van der Waals surface area contributed by atoms with Crippen molar-refractivity contribution in [2.75, 3.05) is 11.4 Å². The molecule has 1 unspecified atom stereocenters. The molecule has 0 spiro atoms. The zero-order valence-corrected chi connectivity index (χ0v) is 15.4. The Balaban J connectivity index is 1.76. The summed E-state index contributed by atoms with van der Waals surface area (Å²) in [5, 5.41) is 0. The highest BCUT2D eigenvalue weighted by Gasteiger charge is 2.38. The van der Waals surface area contributed by atoms with Crippen LogP contribution in [0.15, 0.2) is 48.5 Å². The summed E-state index contributed by atoms with van der Waals surface area (Å²) in [6.45, 7) is 4.50. The van der Waals surface area contributed by atoms with Crippen molar-refractivity contribution in [3.05, 3.63) is 65.7 Å². The van der Waals surface area contributed by atoms with Crippen molar-refractivity contribution in [1.29, 1.82) is 0 Å². The highest BCUT2D eigenvalue weighted by molar-refractivity contribution is 6.00. The molecule has 142 valence electrons. The lowest BCUT2D eigenvalue weighted by atomic mass is 10.1. The Labute approximate surface area is 157 Å². The Bertz CT molecular complexity index is 839.